The molecule has 0 saturated carbocycles. The van der Waals surface area contributed by atoms with E-state index in [2.05, 4.69) is 26.1 Å². The van der Waals surface area contributed by atoms with Crippen molar-refractivity contribution in [2.24, 2.45) is 0 Å². The second-order valence-corrected chi connectivity index (χ2v) is 5.51. The van der Waals surface area contributed by atoms with Crippen molar-refractivity contribution in [3.05, 3.63) is 33.9 Å². The Morgan fingerprint density at radius 2 is 2.05 bits per heavy atom. The zero-order valence-electron chi connectivity index (χ0n) is 12.0. The maximum Gasteiger partial charge on any atom is 0.311 e. The van der Waals surface area contributed by atoms with Crippen LogP contribution in [0.4, 0.5) is 5.69 Å². The van der Waals surface area contributed by atoms with Gasteiger partial charge in [-0.2, -0.15) is 0 Å². The Kier molecular flexibility index (Phi) is 5.30. The van der Waals surface area contributed by atoms with Gasteiger partial charge in [0.15, 0.2) is 5.75 Å². The summed E-state index contributed by atoms with van der Waals surface area (Å²) < 4.78 is 5.39. The summed E-state index contributed by atoms with van der Waals surface area (Å²) in [7, 11) is 0. The van der Waals surface area contributed by atoms with E-state index in [-0.39, 0.29) is 11.2 Å². The third-order valence-electron chi connectivity index (χ3n) is 2.50. The highest BCUT2D eigenvalue weighted by Gasteiger charge is 2.16. The van der Waals surface area contributed by atoms with Crippen molar-refractivity contribution in [2.75, 3.05) is 6.61 Å². The van der Waals surface area contributed by atoms with Crippen LogP contribution in [0, 0.1) is 10.1 Å². The molecule has 0 aliphatic rings. The minimum absolute atomic E-state index is 0.0217. The number of ether oxygens (including phenoxy) is 1. The first kappa shape index (κ1) is 15.4. The Morgan fingerprint density at radius 3 is 2.58 bits per heavy atom. The van der Waals surface area contributed by atoms with Crippen molar-refractivity contribution in [1.29, 1.82) is 0 Å². The van der Waals surface area contributed by atoms with Gasteiger partial charge in [-0.1, -0.05) is 13.0 Å². The highest BCUT2D eigenvalue weighted by molar-refractivity contribution is 5.48. The zero-order valence-corrected chi connectivity index (χ0v) is 12.0. The van der Waals surface area contributed by atoms with Crippen LogP contribution in [-0.2, 0) is 6.54 Å². The van der Waals surface area contributed by atoms with Crippen LogP contribution in [0.1, 0.15) is 39.7 Å². The molecule has 0 radical (unpaired) electrons. The third-order valence-corrected chi connectivity index (χ3v) is 2.50. The largest absolute Gasteiger partial charge is 0.487 e. The van der Waals surface area contributed by atoms with E-state index in [1.165, 1.54) is 0 Å². The number of nitrogens with zero attached hydrogens (tertiary/aromatic N) is 1. The van der Waals surface area contributed by atoms with Gasteiger partial charge in [0.2, 0.25) is 0 Å². The smallest absolute Gasteiger partial charge is 0.311 e. The molecule has 0 aliphatic carbocycles. The van der Waals surface area contributed by atoms with Crippen molar-refractivity contribution in [3.8, 4) is 5.75 Å². The average molecular weight is 266 g/mol. The number of benzene rings is 1. The molecule has 19 heavy (non-hydrogen) atoms. The lowest BCUT2D eigenvalue weighted by Gasteiger charge is -2.20. The van der Waals surface area contributed by atoms with E-state index in [1.807, 2.05) is 13.0 Å². The van der Waals surface area contributed by atoms with Gasteiger partial charge in [0, 0.05) is 18.2 Å². The van der Waals surface area contributed by atoms with Gasteiger partial charge in [0.25, 0.3) is 0 Å². The first-order chi connectivity index (χ1) is 8.83. The highest BCUT2D eigenvalue weighted by Crippen LogP contribution is 2.28. The molecule has 0 spiro atoms. The van der Waals surface area contributed by atoms with Crippen molar-refractivity contribution in [1.82, 2.24) is 5.32 Å². The summed E-state index contributed by atoms with van der Waals surface area (Å²) in [6.07, 6.45) is 0.824. The zero-order chi connectivity index (χ0) is 14.5. The molecule has 1 aromatic rings. The quantitative estimate of drug-likeness (QED) is 0.634. The van der Waals surface area contributed by atoms with E-state index in [9.17, 15) is 10.1 Å². The van der Waals surface area contributed by atoms with Gasteiger partial charge in [0.1, 0.15) is 0 Å². The van der Waals surface area contributed by atoms with E-state index >= 15 is 0 Å². The Labute approximate surface area is 114 Å². The van der Waals surface area contributed by atoms with E-state index in [4.69, 9.17) is 4.74 Å². The molecule has 1 aromatic carbocycles. The number of nitro benzene ring substituents is 1. The van der Waals surface area contributed by atoms with E-state index in [0.29, 0.717) is 18.9 Å². The molecular formula is C14H22N2O3. The first-order valence-corrected chi connectivity index (χ1v) is 6.48. The fraction of sp³-hybridized carbons (Fsp3) is 0.571. The predicted molar refractivity (Wildman–Crippen MR) is 75.5 cm³/mol. The molecule has 0 heterocycles. The topological polar surface area (TPSA) is 64.4 Å². The van der Waals surface area contributed by atoms with Crippen LogP contribution in [0.3, 0.4) is 0 Å². The fourth-order valence-electron chi connectivity index (χ4n) is 1.52. The summed E-state index contributed by atoms with van der Waals surface area (Å²) in [5, 5.41) is 14.3. The van der Waals surface area contributed by atoms with Crippen LogP contribution < -0.4 is 10.1 Å². The van der Waals surface area contributed by atoms with Gasteiger partial charge in [-0.3, -0.25) is 10.1 Å². The molecule has 0 unspecified atom stereocenters. The fourth-order valence-corrected chi connectivity index (χ4v) is 1.52. The molecule has 0 saturated heterocycles. The van der Waals surface area contributed by atoms with Crippen LogP contribution in [0.2, 0.25) is 0 Å². The number of nitrogens with one attached hydrogen (secondary N) is 1. The van der Waals surface area contributed by atoms with Crippen molar-refractivity contribution < 1.29 is 9.66 Å². The Morgan fingerprint density at radius 1 is 1.37 bits per heavy atom. The lowest BCUT2D eigenvalue weighted by atomic mass is 10.1. The van der Waals surface area contributed by atoms with E-state index < -0.39 is 4.92 Å². The second kappa shape index (κ2) is 6.52. The number of rotatable bonds is 6. The SMILES string of the molecule is CCCOc1ccc(CNC(C)(C)C)cc1[N+](=O)[O-]. The summed E-state index contributed by atoms with van der Waals surface area (Å²) in [4.78, 5) is 10.6. The van der Waals surface area contributed by atoms with Gasteiger partial charge in [-0.15, -0.1) is 0 Å². The Bertz CT molecular complexity index is 439. The third kappa shape index (κ3) is 5.26. The minimum Gasteiger partial charge on any atom is -0.487 e. The molecule has 5 nitrogen and oxygen atoms in total. The summed E-state index contributed by atoms with van der Waals surface area (Å²) in [6.45, 7) is 9.21. The molecule has 0 fully saturated rings. The number of hydrogen-bond acceptors (Lipinski definition) is 4. The molecule has 0 bridgehead atoms. The molecule has 0 atom stereocenters. The molecular weight excluding hydrogens is 244 g/mol. The van der Waals surface area contributed by atoms with Crippen molar-refractivity contribution in [2.45, 2.75) is 46.2 Å². The standard InChI is InChI=1S/C14H22N2O3/c1-5-8-19-13-7-6-11(9-12(13)16(17)18)10-15-14(2,3)4/h6-7,9,15H,5,8,10H2,1-4H3. The molecule has 0 aromatic heterocycles. The minimum atomic E-state index is -0.397. The predicted octanol–water partition coefficient (Wildman–Crippen LogP) is 3.27. The molecule has 1 N–H and O–H groups in total. The van der Waals surface area contributed by atoms with Gasteiger partial charge in [-0.05, 0) is 38.8 Å². The van der Waals surface area contributed by atoms with Crippen LogP contribution in [-0.4, -0.2) is 17.1 Å². The molecule has 1 rings (SSSR count). The monoisotopic (exact) mass is 266 g/mol. The van der Waals surface area contributed by atoms with Crippen molar-refractivity contribution in [3.63, 3.8) is 0 Å². The van der Waals surface area contributed by atoms with Gasteiger partial charge < -0.3 is 10.1 Å². The molecule has 106 valence electrons. The normalized spacial score (nSPS) is 11.4. The Balaban J connectivity index is 2.86. The number of hydrogen-bond donors (Lipinski definition) is 1. The second-order valence-electron chi connectivity index (χ2n) is 5.51. The maximum absolute atomic E-state index is 11.0. The van der Waals surface area contributed by atoms with Gasteiger partial charge in [0.05, 0.1) is 11.5 Å². The van der Waals surface area contributed by atoms with Crippen LogP contribution in [0.5, 0.6) is 5.75 Å². The first-order valence-electron chi connectivity index (χ1n) is 6.48. The highest BCUT2D eigenvalue weighted by atomic mass is 16.6. The summed E-state index contributed by atoms with van der Waals surface area (Å²) in [6, 6.07) is 5.11. The van der Waals surface area contributed by atoms with Crippen LogP contribution in [0.25, 0.3) is 0 Å². The maximum atomic E-state index is 11.0. The van der Waals surface area contributed by atoms with Crippen molar-refractivity contribution >= 4 is 5.69 Å². The lowest BCUT2D eigenvalue weighted by Crippen LogP contribution is -2.35. The molecule has 0 aliphatic heterocycles. The molecule has 5 heteroatoms. The summed E-state index contributed by atoms with van der Waals surface area (Å²) in [5.41, 5.74) is 0.888. The van der Waals surface area contributed by atoms with Gasteiger partial charge in [-0.25, -0.2) is 0 Å². The van der Waals surface area contributed by atoms with E-state index in [1.54, 1.807) is 12.1 Å². The van der Waals surface area contributed by atoms with Crippen LogP contribution >= 0.6 is 0 Å². The average Bonchev–Trinajstić information content (AvgIpc) is 2.33. The lowest BCUT2D eigenvalue weighted by molar-refractivity contribution is -0.385. The Hall–Kier alpha value is -1.62. The van der Waals surface area contributed by atoms with Crippen LogP contribution in [0.15, 0.2) is 18.2 Å². The van der Waals surface area contributed by atoms with E-state index in [0.717, 1.165) is 12.0 Å². The summed E-state index contributed by atoms with van der Waals surface area (Å²) >= 11 is 0. The molecule has 0 amide bonds. The number of nitro groups is 1. The van der Waals surface area contributed by atoms with Gasteiger partial charge >= 0.3 is 5.69 Å². The summed E-state index contributed by atoms with van der Waals surface area (Å²) in [5.74, 6) is 0.339.